The van der Waals surface area contributed by atoms with Gasteiger partial charge in [-0.2, -0.15) is 0 Å². The first-order valence-corrected chi connectivity index (χ1v) is 10.3. The molecule has 156 valence electrons. The van der Waals surface area contributed by atoms with Gasteiger partial charge in [-0.25, -0.2) is 14.4 Å². The van der Waals surface area contributed by atoms with Gasteiger partial charge in [0.25, 0.3) is 0 Å². The van der Waals surface area contributed by atoms with Crippen LogP contribution in [0.3, 0.4) is 0 Å². The molecule has 1 aliphatic rings. The molecule has 0 amide bonds. The van der Waals surface area contributed by atoms with Crippen molar-refractivity contribution in [2.75, 3.05) is 42.9 Å². The standard InChI is InChI=1S/C21H30FN7/c1-2-23-21(27-13-6-5-12-25-19-9-3-4-11-24-19)28-17-10-15-29(16-17)20-18(22)8-7-14-26-20/h3-4,7-9,11,14,17H,2,5-6,10,12-13,15-16H2,1H3,(H,24,25)(H2,23,27,28). The second-order valence-electron chi connectivity index (χ2n) is 6.99. The molecule has 29 heavy (non-hydrogen) atoms. The molecular formula is C21H30FN7. The van der Waals surface area contributed by atoms with Crippen LogP contribution in [-0.2, 0) is 0 Å². The predicted molar refractivity (Wildman–Crippen MR) is 116 cm³/mol. The second-order valence-corrected chi connectivity index (χ2v) is 6.99. The summed E-state index contributed by atoms with van der Waals surface area (Å²) in [6.45, 7) is 5.99. The van der Waals surface area contributed by atoms with Crippen LogP contribution in [0, 0.1) is 5.82 Å². The fraction of sp³-hybridized carbons (Fsp3) is 0.476. The highest BCUT2D eigenvalue weighted by Crippen LogP contribution is 2.20. The van der Waals surface area contributed by atoms with Crippen molar-refractivity contribution in [2.24, 2.45) is 4.99 Å². The number of guanidine groups is 1. The van der Waals surface area contributed by atoms with Gasteiger partial charge in [0, 0.05) is 51.2 Å². The smallest absolute Gasteiger partial charge is 0.191 e. The highest BCUT2D eigenvalue weighted by molar-refractivity contribution is 5.80. The number of aromatic nitrogens is 2. The van der Waals surface area contributed by atoms with E-state index in [2.05, 4.69) is 37.8 Å². The molecule has 8 heteroatoms. The van der Waals surface area contributed by atoms with Gasteiger partial charge in [0.15, 0.2) is 17.6 Å². The zero-order chi connectivity index (χ0) is 20.3. The van der Waals surface area contributed by atoms with Gasteiger partial charge in [-0.1, -0.05) is 6.07 Å². The minimum absolute atomic E-state index is 0.222. The molecule has 2 aromatic heterocycles. The van der Waals surface area contributed by atoms with Crippen molar-refractivity contribution in [3.8, 4) is 0 Å². The lowest BCUT2D eigenvalue weighted by molar-refractivity contribution is 0.612. The van der Waals surface area contributed by atoms with Crippen LogP contribution in [0.25, 0.3) is 0 Å². The number of nitrogens with zero attached hydrogens (tertiary/aromatic N) is 4. The average Bonchev–Trinajstić information content (AvgIpc) is 3.20. The van der Waals surface area contributed by atoms with Gasteiger partial charge in [-0.3, -0.25) is 4.99 Å². The first-order valence-electron chi connectivity index (χ1n) is 10.3. The minimum atomic E-state index is -0.270. The SMILES string of the molecule is CCNC(=NCCCCNc1ccccn1)NC1CCN(c2ncccc2F)C1. The maximum atomic E-state index is 14.0. The zero-order valence-corrected chi connectivity index (χ0v) is 16.9. The van der Waals surface area contributed by atoms with Gasteiger partial charge < -0.3 is 20.9 Å². The van der Waals surface area contributed by atoms with E-state index in [1.165, 1.54) is 6.07 Å². The van der Waals surface area contributed by atoms with Crippen LogP contribution in [-0.4, -0.2) is 54.7 Å². The van der Waals surface area contributed by atoms with Gasteiger partial charge >= 0.3 is 0 Å². The topological polar surface area (TPSA) is 77.5 Å². The van der Waals surface area contributed by atoms with E-state index in [9.17, 15) is 4.39 Å². The third kappa shape index (κ3) is 6.58. The summed E-state index contributed by atoms with van der Waals surface area (Å²) in [6.07, 6.45) is 6.36. The monoisotopic (exact) mass is 399 g/mol. The van der Waals surface area contributed by atoms with Crippen LogP contribution in [0.1, 0.15) is 26.2 Å². The van der Waals surface area contributed by atoms with E-state index in [-0.39, 0.29) is 11.9 Å². The van der Waals surface area contributed by atoms with E-state index in [4.69, 9.17) is 0 Å². The maximum absolute atomic E-state index is 14.0. The number of aliphatic imine (C=N–C) groups is 1. The summed E-state index contributed by atoms with van der Waals surface area (Å²) in [6, 6.07) is 9.14. The number of unbranched alkanes of at least 4 members (excludes halogenated alkanes) is 1. The van der Waals surface area contributed by atoms with E-state index in [0.29, 0.717) is 12.4 Å². The number of pyridine rings is 2. The van der Waals surface area contributed by atoms with Gasteiger partial charge in [0.05, 0.1) is 0 Å². The summed E-state index contributed by atoms with van der Waals surface area (Å²) in [5.41, 5.74) is 0. The van der Waals surface area contributed by atoms with Crippen LogP contribution in [0.2, 0.25) is 0 Å². The normalized spacial score (nSPS) is 16.7. The quantitative estimate of drug-likeness (QED) is 0.342. The third-order valence-electron chi connectivity index (χ3n) is 4.74. The Morgan fingerprint density at radius 3 is 2.90 bits per heavy atom. The van der Waals surface area contributed by atoms with Crippen LogP contribution in [0.15, 0.2) is 47.7 Å². The van der Waals surface area contributed by atoms with Crippen molar-refractivity contribution in [1.82, 2.24) is 20.6 Å². The number of nitrogens with one attached hydrogen (secondary N) is 3. The Bertz CT molecular complexity index is 769. The first-order chi connectivity index (χ1) is 14.3. The summed E-state index contributed by atoms with van der Waals surface area (Å²) < 4.78 is 14.0. The van der Waals surface area contributed by atoms with Crippen molar-refractivity contribution in [1.29, 1.82) is 0 Å². The molecule has 0 bridgehead atoms. The Kier molecular flexibility index (Phi) is 8.03. The molecule has 1 atom stereocenters. The molecule has 0 aromatic carbocycles. The van der Waals surface area contributed by atoms with Gasteiger partial charge in [-0.15, -0.1) is 0 Å². The molecule has 1 saturated heterocycles. The Morgan fingerprint density at radius 2 is 2.10 bits per heavy atom. The Balaban J connectivity index is 1.40. The predicted octanol–water partition coefficient (Wildman–Crippen LogP) is 2.64. The van der Waals surface area contributed by atoms with Crippen molar-refractivity contribution in [3.63, 3.8) is 0 Å². The molecule has 1 unspecified atom stereocenters. The van der Waals surface area contributed by atoms with E-state index in [1.54, 1.807) is 18.5 Å². The summed E-state index contributed by atoms with van der Waals surface area (Å²) in [5, 5.41) is 10.1. The number of halogens is 1. The largest absolute Gasteiger partial charge is 0.370 e. The van der Waals surface area contributed by atoms with E-state index in [1.807, 2.05) is 23.1 Å². The van der Waals surface area contributed by atoms with Crippen LogP contribution in [0.4, 0.5) is 16.0 Å². The molecule has 1 aliphatic heterocycles. The average molecular weight is 400 g/mol. The molecule has 7 nitrogen and oxygen atoms in total. The van der Waals surface area contributed by atoms with E-state index >= 15 is 0 Å². The van der Waals surface area contributed by atoms with Crippen LogP contribution >= 0.6 is 0 Å². The molecule has 3 heterocycles. The number of anilines is 2. The fourth-order valence-corrected chi connectivity index (χ4v) is 3.31. The molecule has 1 fully saturated rings. The molecule has 3 rings (SSSR count). The third-order valence-corrected chi connectivity index (χ3v) is 4.74. The number of rotatable bonds is 9. The lowest BCUT2D eigenvalue weighted by atomic mass is 10.3. The number of hydrogen-bond acceptors (Lipinski definition) is 5. The Morgan fingerprint density at radius 1 is 1.21 bits per heavy atom. The van der Waals surface area contributed by atoms with E-state index in [0.717, 1.165) is 57.2 Å². The Hall–Kier alpha value is -2.90. The Labute approximate surface area is 171 Å². The molecule has 0 spiro atoms. The molecular weight excluding hydrogens is 369 g/mol. The molecule has 0 aliphatic carbocycles. The van der Waals surface area contributed by atoms with Crippen molar-refractivity contribution >= 4 is 17.6 Å². The summed E-state index contributed by atoms with van der Waals surface area (Å²) in [4.78, 5) is 15.1. The fourth-order valence-electron chi connectivity index (χ4n) is 3.31. The summed E-state index contributed by atoms with van der Waals surface area (Å²) >= 11 is 0. The number of hydrogen-bond donors (Lipinski definition) is 3. The summed E-state index contributed by atoms with van der Waals surface area (Å²) in [5.74, 6) is 1.88. The van der Waals surface area contributed by atoms with Crippen molar-refractivity contribution < 1.29 is 4.39 Å². The molecule has 0 saturated carbocycles. The lowest BCUT2D eigenvalue weighted by Crippen LogP contribution is -2.44. The molecule has 2 aromatic rings. The highest BCUT2D eigenvalue weighted by Gasteiger charge is 2.25. The summed E-state index contributed by atoms with van der Waals surface area (Å²) in [7, 11) is 0. The second kappa shape index (κ2) is 11.2. The van der Waals surface area contributed by atoms with Crippen LogP contribution in [0.5, 0.6) is 0 Å². The van der Waals surface area contributed by atoms with E-state index < -0.39 is 0 Å². The van der Waals surface area contributed by atoms with Crippen LogP contribution < -0.4 is 20.9 Å². The highest BCUT2D eigenvalue weighted by atomic mass is 19.1. The van der Waals surface area contributed by atoms with Crippen molar-refractivity contribution in [2.45, 2.75) is 32.2 Å². The van der Waals surface area contributed by atoms with Gasteiger partial charge in [0.2, 0.25) is 0 Å². The molecule has 0 radical (unpaired) electrons. The molecule has 3 N–H and O–H groups in total. The van der Waals surface area contributed by atoms with Gasteiger partial charge in [0.1, 0.15) is 5.82 Å². The minimum Gasteiger partial charge on any atom is -0.370 e. The van der Waals surface area contributed by atoms with Gasteiger partial charge in [-0.05, 0) is 50.5 Å². The zero-order valence-electron chi connectivity index (χ0n) is 16.9. The maximum Gasteiger partial charge on any atom is 0.191 e. The first kappa shape index (κ1) is 20.8. The van der Waals surface area contributed by atoms with Crippen molar-refractivity contribution in [3.05, 3.63) is 48.5 Å². The lowest BCUT2D eigenvalue weighted by Gasteiger charge is -2.20.